The van der Waals surface area contributed by atoms with Crippen LogP contribution < -0.4 is 15.4 Å². The number of hydrogen-bond donors (Lipinski definition) is 2. The Morgan fingerprint density at radius 3 is 2.50 bits per heavy atom. The fourth-order valence-corrected chi connectivity index (χ4v) is 4.17. The molecule has 0 fully saturated rings. The quantitative estimate of drug-likeness (QED) is 0.400. The molecule has 0 aliphatic heterocycles. The van der Waals surface area contributed by atoms with Gasteiger partial charge in [0.05, 0.1) is 6.54 Å². The van der Waals surface area contributed by atoms with Crippen molar-refractivity contribution in [3.63, 3.8) is 0 Å². The summed E-state index contributed by atoms with van der Waals surface area (Å²) < 4.78 is 13.4. The normalized spacial score (nSPS) is 12.4. The SMILES string of the molecule is Cc1ccc(C(C)C)c(OCCNC(=O)[C@H](Cc2cn(C)c3ccccc23)NC(=O)OC(C)(C)C)c1. The van der Waals surface area contributed by atoms with Crippen molar-refractivity contribution in [2.75, 3.05) is 13.2 Å². The van der Waals surface area contributed by atoms with Crippen LogP contribution in [0, 0.1) is 6.92 Å². The summed E-state index contributed by atoms with van der Waals surface area (Å²) in [6, 6.07) is 13.4. The van der Waals surface area contributed by atoms with Gasteiger partial charge in [0.2, 0.25) is 5.91 Å². The molecular weight excluding hydrogens is 454 g/mol. The number of fused-ring (bicyclic) bond motifs is 1. The summed E-state index contributed by atoms with van der Waals surface area (Å²) in [5.74, 6) is 0.877. The molecule has 7 heteroatoms. The summed E-state index contributed by atoms with van der Waals surface area (Å²) in [6.07, 6.45) is 1.71. The molecule has 194 valence electrons. The first-order valence-electron chi connectivity index (χ1n) is 12.5. The average Bonchev–Trinajstić information content (AvgIpc) is 3.10. The van der Waals surface area contributed by atoms with Gasteiger partial charge in [-0.05, 0) is 62.4 Å². The molecular formula is C29H39N3O4. The van der Waals surface area contributed by atoms with Crippen molar-refractivity contribution in [3.8, 4) is 5.75 Å². The van der Waals surface area contributed by atoms with E-state index in [1.807, 2.05) is 55.1 Å². The van der Waals surface area contributed by atoms with Crippen LogP contribution in [0.4, 0.5) is 4.79 Å². The van der Waals surface area contributed by atoms with Crippen LogP contribution in [-0.4, -0.2) is 41.4 Å². The zero-order chi connectivity index (χ0) is 26.5. The Morgan fingerprint density at radius 1 is 1.08 bits per heavy atom. The van der Waals surface area contributed by atoms with Crippen LogP contribution in [0.25, 0.3) is 10.9 Å². The third-order valence-corrected chi connectivity index (χ3v) is 5.86. The fourth-order valence-electron chi connectivity index (χ4n) is 4.17. The van der Waals surface area contributed by atoms with E-state index in [1.165, 1.54) is 0 Å². The number of ether oxygens (including phenoxy) is 2. The van der Waals surface area contributed by atoms with Crippen LogP contribution in [0.15, 0.2) is 48.7 Å². The Labute approximate surface area is 214 Å². The second-order valence-corrected chi connectivity index (χ2v) is 10.5. The van der Waals surface area contributed by atoms with Gasteiger partial charge in [-0.15, -0.1) is 0 Å². The van der Waals surface area contributed by atoms with Crippen molar-refractivity contribution < 1.29 is 19.1 Å². The Balaban J connectivity index is 1.69. The smallest absolute Gasteiger partial charge is 0.408 e. The maximum Gasteiger partial charge on any atom is 0.408 e. The van der Waals surface area contributed by atoms with Crippen LogP contribution >= 0.6 is 0 Å². The van der Waals surface area contributed by atoms with E-state index < -0.39 is 17.7 Å². The lowest BCUT2D eigenvalue weighted by Gasteiger charge is -2.23. The molecule has 0 saturated heterocycles. The molecule has 7 nitrogen and oxygen atoms in total. The molecule has 0 aliphatic carbocycles. The van der Waals surface area contributed by atoms with Gasteiger partial charge in [-0.2, -0.15) is 0 Å². The molecule has 0 radical (unpaired) electrons. The molecule has 1 heterocycles. The van der Waals surface area contributed by atoms with Gasteiger partial charge in [0.15, 0.2) is 0 Å². The third-order valence-electron chi connectivity index (χ3n) is 5.86. The zero-order valence-electron chi connectivity index (χ0n) is 22.5. The monoisotopic (exact) mass is 493 g/mol. The molecule has 1 atom stereocenters. The van der Waals surface area contributed by atoms with Crippen molar-refractivity contribution in [3.05, 3.63) is 65.4 Å². The van der Waals surface area contributed by atoms with Crippen LogP contribution in [0.1, 0.15) is 57.2 Å². The Hall–Kier alpha value is -3.48. The minimum Gasteiger partial charge on any atom is -0.491 e. The number of amides is 2. The number of aromatic nitrogens is 1. The molecule has 0 spiro atoms. The number of hydrogen-bond acceptors (Lipinski definition) is 4. The molecule has 0 unspecified atom stereocenters. The van der Waals surface area contributed by atoms with E-state index in [4.69, 9.17) is 9.47 Å². The van der Waals surface area contributed by atoms with E-state index in [0.717, 1.165) is 33.3 Å². The van der Waals surface area contributed by atoms with Crippen LogP contribution in [0.5, 0.6) is 5.75 Å². The van der Waals surface area contributed by atoms with E-state index >= 15 is 0 Å². The van der Waals surface area contributed by atoms with E-state index in [-0.39, 0.29) is 5.91 Å². The first-order chi connectivity index (χ1) is 16.9. The molecule has 3 rings (SSSR count). The summed E-state index contributed by atoms with van der Waals surface area (Å²) in [5, 5.41) is 6.73. The zero-order valence-corrected chi connectivity index (χ0v) is 22.5. The van der Waals surface area contributed by atoms with E-state index in [2.05, 4.69) is 36.6 Å². The van der Waals surface area contributed by atoms with Gasteiger partial charge in [-0.25, -0.2) is 4.79 Å². The second kappa shape index (κ2) is 11.5. The summed E-state index contributed by atoms with van der Waals surface area (Å²) in [6.45, 7) is 12.3. The minimum absolute atomic E-state index is 0.286. The van der Waals surface area contributed by atoms with Gasteiger partial charge in [0.25, 0.3) is 0 Å². The highest BCUT2D eigenvalue weighted by atomic mass is 16.6. The van der Waals surface area contributed by atoms with Crippen LogP contribution in [0.3, 0.4) is 0 Å². The number of carbonyl (C=O) groups excluding carboxylic acids is 2. The van der Waals surface area contributed by atoms with E-state index in [1.54, 1.807) is 20.8 Å². The summed E-state index contributed by atoms with van der Waals surface area (Å²) in [4.78, 5) is 25.7. The van der Waals surface area contributed by atoms with E-state index in [9.17, 15) is 9.59 Å². The maximum atomic E-state index is 13.2. The lowest BCUT2D eigenvalue weighted by atomic mass is 10.0. The number of alkyl carbamates (subject to hydrolysis) is 1. The van der Waals surface area contributed by atoms with Crippen LogP contribution in [0.2, 0.25) is 0 Å². The summed E-state index contributed by atoms with van der Waals surface area (Å²) in [5.41, 5.74) is 3.63. The molecule has 2 aromatic carbocycles. The van der Waals surface area contributed by atoms with Gasteiger partial charge in [-0.1, -0.05) is 44.2 Å². The lowest BCUT2D eigenvalue weighted by Crippen LogP contribution is -2.50. The maximum absolute atomic E-state index is 13.2. The molecule has 3 aromatic rings. The predicted octanol–water partition coefficient (Wildman–Crippen LogP) is 5.24. The first-order valence-corrected chi connectivity index (χ1v) is 12.5. The van der Waals surface area contributed by atoms with Crippen molar-refractivity contribution in [1.29, 1.82) is 0 Å². The van der Waals surface area contributed by atoms with E-state index in [0.29, 0.717) is 25.5 Å². The third kappa shape index (κ3) is 7.26. The summed E-state index contributed by atoms with van der Waals surface area (Å²) >= 11 is 0. The Kier molecular flexibility index (Phi) is 8.66. The molecule has 0 bridgehead atoms. The number of nitrogens with zero attached hydrogens (tertiary/aromatic N) is 1. The molecule has 2 N–H and O–H groups in total. The Bertz CT molecular complexity index is 1210. The number of rotatable bonds is 9. The molecule has 0 aliphatic rings. The standard InChI is InChI=1S/C29H39N3O4/c1-19(2)22-13-12-20(3)16-26(22)35-15-14-30-27(33)24(31-28(34)36-29(4,5)6)17-21-18-32(7)25-11-9-8-10-23(21)25/h8-13,16,18-19,24H,14-15,17H2,1-7H3,(H,30,33)(H,31,34)/t24-/m0/s1. The number of benzene rings is 2. The van der Waals surface area contributed by atoms with Crippen molar-refractivity contribution in [1.82, 2.24) is 15.2 Å². The van der Waals surface area contributed by atoms with Crippen molar-refractivity contribution in [2.45, 2.75) is 65.5 Å². The van der Waals surface area contributed by atoms with Crippen LogP contribution in [-0.2, 0) is 23.0 Å². The highest BCUT2D eigenvalue weighted by Crippen LogP contribution is 2.27. The lowest BCUT2D eigenvalue weighted by molar-refractivity contribution is -0.123. The van der Waals surface area contributed by atoms with Gasteiger partial charge >= 0.3 is 6.09 Å². The number of aryl methyl sites for hydroxylation is 2. The summed E-state index contributed by atoms with van der Waals surface area (Å²) in [7, 11) is 1.97. The highest BCUT2D eigenvalue weighted by molar-refractivity contribution is 5.88. The average molecular weight is 494 g/mol. The second-order valence-electron chi connectivity index (χ2n) is 10.5. The van der Waals surface area contributed by atoms with Gasteiger partial charge < -0.3 is 24.7 Å². The predicted molar refractivity (Wildman–Crippen MR) is 144 cm³/mol. The fraction of sp³-hybridized carbons (Fsp3) is 0.448. The molecule has 2 amide bonds. The minimum atomic E-state index is -0.796. The van der Waals surface area contributed by atoms with Gasteiger partial charge in [-0.3, -0.25) is 4.79 Å². The van der Waals surface area contributed by atoms with Gasteiger partial charge in [0.1, 0.15) is 24.0 Å². The number of para-hydroxylation sites is 1. The molecule has 0 saturated carbocycles. The first kappa shape index (κ1) is 27.1. The van der Waals surface area contributed by atoms with Gasteiger partial charge in [0, 0.05) is 30.6 Å². The number of nitrogens with one attached hydrogen (secondary N) is 2. The highest BCUT2D eigenvalue weighted by Gasteiger charge is 2.26. The number of carbonyl (C=O) groups is 2. The Morgan fingerprint density at radius 2 is 1.81 bits per heavy atom. The molecule has 1 aromatic heterocycles. The topological polar surface area (TPSA) is 81.6 Å². The largest absolute Gasteiger partial charge is 0.491 e. The van der Waals surface area contributed by atoms with Crippen molar-refractivity contribution in [2.24, 2.45) is 7.05 Å². The van der Waals surface area contributed by atoms with Crippen molar-refractivity contribution >= 4 is 22.9 Å². The molecule has 36 heavy (non-hydrogen) atoms.